The summed E-state index contributed by atoms with van der Waals surface area (Å²) in [5.41, 5.74) is 1.26. The molecule has 2 aromatic rings. The van der Waals surface area contributed by atoms with Gasteiger partial charge in [0.05, 0.1) is 0 Å². The van der Waals surface area contributed by atoms with E-state index in [-0.39, 0.29) is 24.4 Å². The second-order valence-electron chi connectivity index (χ2n) is 6.19. The molecule has 2 N–H and O–H groups in total. The van der Waals surface area contributed by atoms with Gasteiger partial charge in [0.2, 0.25) is 0 Å². The fourth-order valence-corrected chi connectivity index (χ4v) is 3.29. The summed E-state index contributed by atoms with van der Waals surface area (Å²) in [6, 6.07) is 6.37. The van der Waals surface area contributed by atoms with Crippen molar-refractivity contribution in [1.82, 2.24) is 9.88 Å². The summed E-state index contributed by atoms with van der Waals surface area (Å²) in [6.45, 7) is 0.234. The zero-order valence-electron chi connectivity index (χ0n) is 12.7. The second-order valence-corrected chi connectivity index (χ2v) is 6.19. The fourth-order valence-electron chi connectivity index (χ4n) is 3.29. The van der Waals surface area contributed by atoms with E-state index in [1.54, 1.807) is 17.0 Å². The summed E-state index contributed by atoms with van der Waals surface area (Å²) in [5.74, 6) is 0.000962. The van der Waals surface area contributed by atoms with E-state index in [2.05, 4.69) is 4.98 Å². The Morgan fingerprint density at radius 2 is 2.05 bits per heavy atom. The Morgan fingerprint density at radius 1 is 1.32 bits per heavy atom. The third kappa shape index (κ3) is 2.86. The number of benzene rings is 1. The number of aromatic amines is 1. The maximum atomic E-state index is 13.2. The molecule has 0 unspecified atom stereocenters. The Morgan fingerprint density at radius 3 is 2.73 bits per heavy atom. The molecule has 0 radical (unpaired) electrons. The first-order valence-corrected chi connectivity index (χ1v) is 7.74. The van der Waals surface area contributed by atoms with Gasteiger partial charge in [-0.25, -0.2) is 4.39 Å². The minimum atomic E-state index is -0.304. The number of aromatic nitrogens is 1. The molecule has 1 fully saturated rings. The number of nitrogens with zero attached hydrogens (tertiary/aromatic N) is 1. The molecule has 0 bridgehead atoms. The zero-order chi connectivity index (χ0) is 15.7. The maximum Gasteiger partial charge on any atom is 0.270 e. The topological polar surface area (TPSA) is 56.3 Å². The Labute approximate surface area is 128 Å². The maximum absolute atomic E-state index is 13.2. The first-order valence-electron chi connectivity index (χ1n) is 7.74. The molecule has 1 saturated carbocycles. The number of aliphatic hydroxyl groups excluding tert-OH is 1. The average molecular weight is 304 g/mol. The van der Waals surface area contributed by atoms with Gasteiger partial charge in [-0.3, -0.25) is 4.79 Å². The van der Waals surface area contributed by atoms with Gasteiger partial charge in [0.25, 0.3) is 5.91 Å². The van der Waals surface area contributed by atoms with E-state index in [1.165, 1.54) is 12.1 Å². The molecular weight excluding hydrogens is 283 g/mol. The molecule has 118 valence electrons. The number of halogens is 1. The fraction of sp³-hybridized carbons (Fsp3) is 0.471. The molecule has 22 heavy (non-hydrogen) atoms. The Kier molecular flexibility index (Phi) is 4.16. The summed E-state index contributed by atoms with van der Waals surface area (Å²) in [5, 5.41) is 9.90. The van der Waals surface area contributed by atoms with Crippen LogP contribution in [0.25, 0.3) is 10.9 Å². The summed E-state index contributed by atoms with van der Waals surface area (Å²) in [4.78, 5) is 17.4. The van der Waals surface area contributed by atoms with E-state index in [0.29, 0.717) is 17.0 Å². The number of rotatable bonds is 3. The Balaban J connectivity index is 1.74. The van der Waals surface area contributed by atoms with E-state index in [0.717, 1.165) is 31.2 Å². The molecule has 1 aliphatic rings. The van der Waals surface area contributed by atoms with Crippen LogP contribution in [0.3, 0.4) is 0 Å². The average Bonchev–Trinajstić information content (AvgIpc) is 2.96. The third-order valence-electron chi connectivity index (χ3n) is 4.76. The molecule has 1 aliphatic carbocycles. The summed E-state index contributed by atoms with van der Waals surface area (Å²) >= 11 is 0. The van der Waals surface area contributed by atoms with Crippen molar-refractivity contribution in [2.24, 2.45) is 5.92 Å². The van der Waals surface area contributed by atoms with Gasteiger partial charge in [-0.15, -0.1) is 0 Å². The predicted molar refractivity (Wildman–Crippen MR) is 83.2 cm³/mol. The molecule has 3 rings (SSSR count). The molecule has 4 nitrogen and oxygen atoms in total. The van der Waals surface area contributed by atoms with Gasteiger partial charge in [0.15, 0.2) is 0 Å². The monoisotopic (exact) mass is 304 g/mol. The number of aliphatic hydroxyl groups is 1. The van der Waals surface area contributed by atoms with Gasteiger partial charge in [-0.05, 0) is 55.9 Å². The van der Waals surface area contributed by atoms with E-state index >= 15 is 0 Å². The number of fused-ring (bicyclic) bond motifs is 1. The van der Waals surface area contributed by atoms with Crippen molar-refractivity contribution in [2.45, 2.75) is 31.7 Å². The van der Waals surface area contributed by atoms with Crippen molar-refractivity contribution >= 4 is 16.8 Å². The molecule has 1 aromatic carbocycles. The van der Waals surface area contributed by atoms with Crippen LogP contribution in [0.4, 0.5) is 4.39 Å². The highest BCUT2D eigenvalue weighted by atomic mass is 19.1. The van der Waals surface area contributed by atoms with Gasteiger partial charge in [0, 0.05) is 30.6 Å². The van der Waals surface area contributed by atoms with Crippen LogP contribution in [0.1, 0.15) is 36.2 Å². The molecule has 0 spiro atoms. The first kappa shape index (κ1) is 15.0. The second kappa shape index (κ2) is 6.08. The van der Waals surface area contributed by atoms with Crippen molar-refractivity contribution in [3.05, 3.63) is 35.8 Å². The van der Waals surface area contributed by atoms with Crippen LogP contribution in [0, 0.1) is 11.7 Å². The number of hydrogen-bond donors (Lipinski definition) is 2. The van der Waals surface area contributed by atoms with Crippen LogP contribution in [0.15, 0.2) is 24.3 Å². The van der Waals surface area contributed by atoms with Crippen molar-refractivity contribution in [3.63, 3.8) is 0 Å². The van der Waals surface area contributed by atoms with Gasteiger partial charge in [0.1, 0.15) is 11.5 Å². The van der Waals surface area contributed by atoms with Crippen LogP contribution in [0.5, 0.6) is 0 Å². The molecule has 0 atom stereocenters. The summed E-state index contributed by atoms with van der Waals surface area (Å²) in [7, 11) is 1.82. The highest BCUT2D eigenvalue weighted by molar-refractivity contribution is 5.98. The highest BCUT2D eigenvalue weighted by Crippen LogP contribution is 2.27. The molecule has 5 heteroatoms. The molecule has 1 aromatic heterocycles. The first-order chi connectivity index (χ1) is 10.6. The molecule has 1 amide bonds. The van der Waals surface area contributed by atoms with Crippen LogP contribution in [0.2, 0.25) is 0 Å². The Hall–Kier alpha value is -1.88. The number of carbonyl (C=O) groups is 1. The lowest BCUT2D eigenvalue weighted by molar-refractivity contribution is 0.0648. The van der Waals surface area contributed by atoms with Crippen LogP contribution in [-0.4, -0.2) is 40.6 Å². The van der Waals surface area contributed by atoms with Gasteiger partial charge >= 0.3 is 0 Å². The quantitative estimate of drug-likeness (QED) is 0.916. The van der Waals surface area contributed by atoms with E-state index in [4.69, 9.17) is 0 Å². The predicted octanol–water partition coefficient (Wildman–Crippen LogP) is 2.93. The standard InChI is InChI=1S/C17H21FN2O2/c1-20(14-5-2-11(10-21)3-6-14)17(22)16-9-12-8-13(18)4-7-15(12)19-16/h4,7-9,11,14,19,21H,2-3,5-6,10H2,1H3. The van der Waals surface area contributed by atoms with Crippen molar-refractivity contribution in [1.29, 1.82) is 0 Å². The SMILES string of the molecule is CN(C(=O)c1cc2cc(F)ccc2[nH]1)C1CCC(CO)CC1. The minimum absolute atomic E-state index is 0.0657. The minimum Gasteiger partial charge on any atom is -0.396 e. The summed E-state index contributed by atoms with van der Waals surface area (Å²) < 4.78 is 13.2. The number of carbonyl (C=O) groups excluding carboxylic acids is 1. The van der Waals surface area contributed by atoms with Crippen molar-refractivity contribution in [2.75, 3.05) is 13.7 Å². The van der Waals surface area contributed by atoms with Crippen molar-refractivity contribution < 1.29 is 14.3 Å². The number of hydrogen-bond acceptors (Lipinski definition) is 2. The largest absolute Gasteiger partial charge is 0.396 e. The van der Waals surface area contributed by atoms with E-state index in [1.807, 2.05) is 7.05 Å². The lowest BCUT2D eigenvalue weighted by atomic mass is 9.86. The van der Waals surface area contributed by atoms with E-state index < -0.39 is 0 Å². The molecule has 0 aliphatic heterocycles. The molecular formula is C17H21FN2O2. The third-order valence-corrected chi connectivity index (χ3v) is 4.76. The van der Waals surface area contributed by atoms with Crippen LogP contribution in [-0.2, 0) is 0 Å². The number of amides is 1. The normalized spacial score (nSPS) is 22.0. The number of nitrogens with one attached hydrogen (secondary N) is 1. The Bertz CT molecular complexity index is 674. The smallest absolute Gasteiger partial charge is 0.270 e. The van der Waals surface area contributed by atoms with Crippen molar-refractivity contribution in [3.8, 4) is 0 Å². The van der Waals surface area contributed by atoms with Crippen LogP contribution < -0.4 is 0 Å². The lowest BCUT2D eigenvalue weighted by Crippen LogP contribution is -2.40. The summed E-state index contributed by atoms with van der Waals surface area (Å²) in [6.07, 6.45) is 3.75. The van der Waals surface area contributed by atoms with Gasteiger partial charge in [-0.1, -0.05) is 0 Å². The van der Waals surface area contributed by atoms with Gasteiger partial charge in [-0.2, -0.15) is 0 Å². The zero-order valence-corrected chi connectivity index (χ0v) is 12.7. The lowest BCUT2D eigenvalue weighted by Gasteiger charge is -2.33. The number of H-pyrrole nitrogens is 1. The molecule has 1 heterocycles. The van der Waals surface area contributed by atoms with Crippen LogP contribution >= 0.6 is 0 Å². The van der Waals surface area contributed by atoms with E-state index in [9.17, 15) is 14.3 Å². The van der Waals surface area contributed by atoms with Gasteiger partial charge < -0.3 is 15.0 Å². The molecule has 0 saturated heterocycles. The highest BCUT2D eigenvalue weighted by Gasteiger charge is 2.27.